The van der Waals surface area contributed by atoms with Crippen molar-refractivity contribution >= 4 is 21.8 Å². The fraction of sp³-hybridized carbons (Fsp3) is 0.667. The Hall–Kier alpha value is -0.810. The second-order valence-corrected chi connectivity index (χ2v) is 6.59. The highest BCUT2D eigenvalue weighted by molar-refractivity contribution is 9.10. The predicted molar refractivity (Wildman–Crippen MR) is 83.0 cm³/mol. The van der Waals surface area contributed by atoms with Crippen molar-refractivity contribution in [2.75, 3.05) is 19.8 Å². The van der Waals surface area contributed by atoms with Gasteiger partial charge >= 0.3 is 0 Å². The maximum atomic E-state index is 12.1. The first kappa shape index (κ1) is 15.6. The summed E-state index contributed by atoms with van der Waals surface area (Å²) in [6, 6.07) is 2.13. The van der Waals surface area contributed by atoms with E-state index in [0.717, 1.165) is 30.0 Å². The van der Waals surface area contributed by atoms with Gasteiger partial charge in [-0.15, -0.1) is 0 Å². The Morgan fingerprint density at radius 2 is 2.30 bits per heavy atom. The van der Waals surface area contributed by atoms with Crippen LogP contribution in [-0.4, -0.2) is 30.2 Å². The third-order valence-electron chi connectivity index (χ3n) is 3.41. The van der Waals surface area contributed by atoms with E-state index in [-0.39, 0.29) is 11.9 Å². The summed E-state index contributed by atoms with van der Waals surface area (Å²) in [7, 11) is 0. The minimum absolute atomic E-state index is 0.0217. The molecule has 1 aromatic heterocycles. The molecule has 0 spiro atoms. The molecular formula is C15H23BrN2O2. The van der Waals surface area contributed by atoms with Crippen LogP contribution in [0.1, 0.15) is 49.6 Å². The van der Waals surface area contributed by atoms with E-state index in [1.807, 2.05) is 16.8 Å². The van der Waals surface area contributed by atoms with Gasteiger partial charge in [-0.1, -0.05) is 0 Å². The molecule has 1 fully saturated rings. The molecule has 112 valence electrons. The Morgan fingerprint density at radius 3 is 2.95 bits per heavy atom. The molecule has 0 radical (unpaired) electrons. The number of carbonyl (C=O) groups is 1. The van der Waals surface area contributed by atoms with Crippen LogP contribution < -0.4 is 5.32 Å². The Bertz CT molecular complexity index is 453. The Morgan fingerprint density at radius 1 is 1.55 bits per heavy atom. The van der Waals surface area contributed by atoms with Gasteiger partial charge in [-0.2, -0.15) is 0 Å². The van der Waals surface area contributed by atoms with E-state index in [1.165, 1.54) is 12.8 Å². The SMILES string of the molecule is CC(C)n1cc(Br)cc1C(=O)NCCCOCC1CC1. The van der Waals surface area contributed by atoms with Crippen LogP contribution in [0.4, 0.5) is 0 Å². The summed E-state index contributed by atoms with van der Waals surface area (Å²) in [5, 5.41) is 2.95. The number of hydrogen-bond donors (Lipinski definition) is 1. The average molecular weight is 343 g/mol. The highest BCUT2D eigenvalue weighted by atomic mass is 79.9. The van der Waals surface area contributed by atoms with Gasteiger partial charge in [-0.25, -0.2) is 0 Å². The number of nitrogens with zero attached hydrogens (tertiary/aromatic N) is 1. The highest BCUT2D eigenvalue weighted by Crippen LogP contribution is 2.28. The van der Waals surface area contributed by atoms with Crippen molar-refractivity contribution < 1.29 is 9.53 Å². The molecule has 0 atom stereocenters. The largest absolute Gasteiger partial charge is 0.381 e. The molecule has 1 aliphatic carbocycles. The summed E-state index contributed by atoms with van der Waals surface area (Å²) >= 11 is 3.42. The summed E-state index contributed by atoms with van der Waals surface area (Å²) in [4.78, 5) is 12.1. The second-order valence-electron chi connectivity index (χ2n) is 5.67. The van der Waals surface area contributed by atoms with Crippen LogP contribution in [0.5, 0.6) is 0 Å². The summed E-state index contributed by atoms with van der Waals surface area (Å²) in [5.41, 5.74) is 0.700. The zero-order valence-electron chi connectivity index (χ0n) is 12.2. The lowest BCUT2D eigenvalue weighted by molar-refractivity contribution is 0.0927. The monoisotopic (exact) mass is 342 g/mol. The highest BCUT2D eigenvalue weighted by Gasteiger charge is 2.20. The molecule has 1 heterocycles. The number of halogens is 1. The van der Waals surface area contributed by atoms with Crippen molar-refractivity contribution in [1.82, 2.24) is 9.88 Å². The number of hydrogen-bond acceptors (Lipinski definition) is 2. The van der Waals surface area contributed by atoms with Gasteiger partial charge in [0.2, 0.25) is 0 Å². The summed E-state index contributed by atoms with van der Waals surface area (Å²) in [6.07, 6.45) is 5.44. The molecule has 1 amide bonds. The van der Waals surface area contributed by atoms with E-state index in [9.17, 15) is 4.79 Å². The molecule has 1 saturated carbocycles. The third kappa shape index (κ3) is 4.63. The number of carbonyl (C=O) groups excluding carboxylic acids is 1. The molecule has 5 heteroatoms. The van der Waals surface area contributed by atoms with Crippen LogP contribution >= 0.6 is 15.9 Å². The van der Waals surface area contributed by atoms with Crippen molar-refractivity contribution in [3.63, 3.8) is 0 Å². The van der Waals surface area contributed by atoms with Crippen LogP contribution in [0, 0.1) is 5.92 Å². The van der Waals surface area contributed by atoms with Crippen molar-refractivity contribution in [2.45, 2.75) is 39.2 Å². The normalized spacial score (nSPS) is 14.8. The molecule has 0 aliphatic heterocycles. The first-order chi connectivity index (χ1) is 9.58. The second kappa shape index (κ2) is 7.27. The van der Waals surface area contributed by atoms with E-state index in [0.29, 0.717) is 12.2 Å². The maximum Gasteiger partial charge on any atom is 0.267 e. The summed E-state index contributed by atoms with van der Waals surface area (Å²) < 4.78 is 8.46. The van der Waals surface area contributed by atoms with Crippen molar-refractivity contribution in [2.24, 2.45) is 5.92 Å². The number of ether oxygens (including phenoxy) is 1. The van der Waals surface area contributed by atoms with E-state index in [2.05, 4.69) is 35.1 Å². The average Bonchev–Trinajstić information content (AvgIpc) is 3.13. The van der Waals surface area contributed by atoms with Crippen molar-refractivity contribution in [3.8, 4) is 0 Å². The standard InChI is InChI=1S/C15H23BrN2O2/c1-11(2)18-9-13(16)8-14(18)15(19)17-6-3-7-20-10-12-4-5-12/h8-9,11-12H,3-7,10H2,1-2H3,(H,17,19). The first-order valence-electron chi connectivity index (χ1n) is 7.31. The quantitative estimate of drug-likeness (QED) is 0.736. The summed E-state index contributed by atoms with van der Waals surface area (Å²) in [5.74, 6) is 0.780. The van der Waals surface area contributed by atoms with Crippen molar-refractivity contribution in [1.29, 1.82) is 0 Å². The smallest absolute Gasteiger partial charge is 0.267 e. The number of rotatable bonds is 8. The van der Waals surface area contributed by atoms with Gasteiger partial charge in [0.15, 0.2) is 0 Å². The van der Waals surface area contributed by atoms with Crippen molar-refractivity contribution in [3.05, 3.63) is 22.4 Å². The molecule has 0 bridgehead atoms. The molecule has 20 heavy (non-hydrogen) atoms. The third-order valence-corrected chi connectivity index (χ3v) is 3.84. The molecule has 1 N–H and O–H groups in total. The van der Waals surface area contributed by atoms with Gasteiger partial charge in [0.05, 0.1) is 0 Å². The van der Waals surface area contributed by atoms with E-state index in [4.69, 9.17) is 4.74 Å². The van der Waals surface area contributed by atoms with Crippen LogP contribution in [0.3, 0.4) is 0 Å². The molecule has 0 saturated heterocycles. The first-order valence-corrected chi connectivity index (χ1v) is 8.10. The van der Waals surface area contributed by atoms with Crippen LogP contribution in [0.2, 0.25) is 0 Å². The molecule has 1 aromatic rings. The number of nitrogens with one attached hydrogen (secondary N) is 1. The Kier molecular flexibility index (Phi) is 5.66. The van der Waals surface area contributed by atoms with Gasteiger partial charge in [0.25, 0.3) is 5.91 Å². The van der Waals surface area contributed by atoms with E-state index in [1.54, 1.807) is 0 Å². The maximum absolute atomic E-state index is 12.1. The fourth-order valence-electron chi connectivity index (χ4n) is 2.06. The molecular weight excluding hydrogens is 320 g/mol. The van der Waals surface area contributed by atoms with Crippen LogP contribution in [-0.2, 0) is 4.74 Å². The van der Waals surface area contributed by atoms with Crippen LogP contribution in [0.25, 0.3) is 0 Å². The van der Waals surface area contributed by atoms with E-state index >= 15 is 0 Å². The topological polar surface area (TPSA) is 43.3 Å². The zero-order valence-corrected chi connectivity index (χ0v) is 13.8. The molecule has 4 nitrogen and oxygen atoms in total. The predicted octanol–water partition coefficient (Wildman–Crippen LogP) is 3.38. The zero-order chi connectivity index (χ0) is 14.5. The lowest BCUT2D eigenvalue weighted by atomic mass is 10.3. The molecule has 0 unspecified atom stereocenters. The lowest BCUT2D eigenvalue weighted by Crippen LogP contribution is -2.27. The van der Waals surface area contributed by atoms with Gasteiger partial charge in [-0.05, 0) is 61.0 Å². The number of amides is 1. The summed E-state index contributed by atoms with van der Waals surface area (Å²) in [6.45, 7) is 6.40. The van der Waals surface area contributed by atoms with Gasteiger partial charge in [-0.3, -0.25) is 4.79 Å². The van der Waals surface area contributed by atoms with Gasteiger partial charge < -0.3 is 14.6 Å². The minimum Gasteiger partial charge on any atom is -0.381 e. The Labute approximate surface area is 129 Å². The molecule has 1 aliphatic rings. The lowest BCUT2D eigenvalue weighted by Gasteiger charge is -2.12. The van der Waals surface area contributed by atoms with Crippen LogP contribution in [0.15, 0.2) is 16.7 Å². The van der Waals surface area contributed by atoms with E-state index < -0.39 is 0 Å². The van der Waals surface area contributed by atoms with Gasteiger partial charge in [0, 0.05) is 36.5 Å². The number of aromatic nitrogens is 1. The van der Waals surface area contributed by atoms with Gasteiger partial charge in [0.1, 0.15) is 5.69 Å². The fourth-order valence-corrected chi connectivity index (χ4v) is 2.49. The molecule has 2 rings (SSSR count). The molecule has 0 aromatic carbocycles. The minimum atomic E-state index is -0.0217. The Balaban J connectivity index is 1.70.